The fourth-order valence-electron chi connectivity index (χ4n) is 4.04. The molecule has 3 amide bonds. The first-order valence-electron chi connectivity index (χ1n) is 11.1. The largest absolute Gasteiger partial charge is 0.490 e. The Hall–Kier alpha value is -3.82. The molecule has 0 atom stereocenters. The molecule has 0 spiro atoms. The molecule has 2 aliphatic heterocycles. The summed E-state index contributed by atoms with van der Waals surface area (Å²) in [7, 11) is 0. The number of benzene rings is 2. The first kappa shape index (κ1) is 23.3. The number of ether oxygens (including phenoxy) is 2. The first-order valence-corrected chi connectivity index (χ1v) is 11.1. The van der Waals surface area contributed by atoms with Gasteiger partial charge in [0, 0.05) is 51.2 Å². The van der Waals surface area contributed by atoms with E-state index in [0.717, 1.165) is 10.5 Å². The number of carboxylic acid groups (broad SMARTS) is 1. The van der Waals surface area contributed by atoms with E-state index < -0.39 is 17.8 Å². The quantitative estimate of drug-likeness (QED) is 0.718. The standard InChI is InChI=1S/C24H26FN3O6/c25-18-12-19(28-11-10-27(23(30)31)15-22(28)29)14-21(13-18)34-20-6-8-26(9-7-20)24(32)33-16-17-4-2-1-3-5-17/h1-5,12-14,20H,6-11,15-16H2,(H,30,31). The monoisotopic (exact) mass is 471 g/mol. The minimum atomic E-state index is -1.16. The van der Waals surface area contributed by atoms with Crippen molar-refractivity contribution < 1.29 is 33.4 Å². The molecule has 0 aromatic heterocycles. The lowest BCUT2D eigenvalue weighted by molar-refractivity contribution is -0.120. The van der Waals surface area contributed by atoms with Crippen molar-refractivity contribution in [2.24, 2.45) is 0 Å². The van der Waals surface area contributed by atoms with Gasteiger partial charge in [-0.05, 0) is 11.6 Å². The topological polar surface area (TPSA) is 99.6 Å². The second-order valence-electron chi connectivity index (χ2n) is 8.24. The van der Waals surface area contributed by atoms with Crippen LogP contribution in [0.3, 0.4) is 0 Å². The van der Waals surface area contributed by atoms with Gasteiger partial charge in [0.05, 0.1) is 5.69 Å². The van der Waals surface area contributed by atoms with E-state index in [0.29, 0.717) is 31.6 Å². The van der Waals surface area contributed by atoms with Gasteiger partial charge in [-0.25, -0.2) is 14.0 Å². The Bertz CT molecular complexity index is 1040. The molecule has 0 bridgehead atoms. The molecule has 2 aliphatic rings. The van der Waals surface area contributed by atoms with Crippen LogP contribution in [0.1, 0.15) is 18.4 Å². The Morgan fingerprint density at radius 3 is 2.41 bits per heavy atom. The number of halogens is 1. The maximum absolute atomic E-state index is 14.3. The van der Waals surface area contributed by atoms with Crippen molar-refractivity contribution in [2.75, 3.05) is 37.6 Å². The summed E-state index contributed by atoms with van der Waals surface area (Å²) >= 11 is 0. The van der Waals surface area contributed by atoms with E-state index in [1.165, 1.54) is 17.0 Å². The Morgan fingerprint density at radius 1 is 1.00 bits per heavy atom. The molecule has 2 fully saturated rings. The van der Waals surface area contributed by atoms with Crippen molar-refractivity contribution in [3.63, 3.8) is 0 Å². The summed E-state index contributed by atoms with van der Waals surface area (Å²) in [5, 5.41) is 9.06. The van der Waals surface area contributed by atoms with Gasteiger partial charge in [0.15, 0.2) is 0 Å². The van der Waals surface area contributed by atoms with Gasteiger partial charge in [-0.2, -0.15) is 0 Å². The maximum Gasteiger partial charge on any atom is 0.410 e. The number of hydrogen-bond acceptors (Lipinski definition) is 5. The highest BCUT2D eigenvalue weighted by Gasteiger charge is 2.29. The lowest BCUT2D eigenvalue weighted by Crippen LogP contribution is -2.52. The second-order valence-corrected chi connectivity index (χ2v) is 8.24. The third-order valence-corrected chi connectivity index (χ3v) is 5.87. The van der Waals surface area contributed by atoms with Crippen LogP contribution in [0.2, 0.25) is 0 Å². The number of carbonyl (C=O) groups excluding carboxylic acids is 2. The van der Waals surface area contributed by atoms with Crippen molar-refractivity contribution in [2.45, 2.75) is 25.6 Å². The zero-order chi connectivity index (χ0) is 24.1. The predicted molar refractivity (Wildman–Crippen MR) is 120 cm³/mol. The third-order valence-electron chi connectivity index (χ3n) is 5.87. The molecule has 2 aromatic carbocycles. The van der Waals surface area contributed by atoms with Crippen LogP contribution in [-0.2, 0) is 16.1 Å². The number of piperidine rings is 1. The van der Waals surface area contributed by atoms with Crippen LogP contribution >= 0.6 is 0 Å². The van der Waals surface area contributed by atoms with Gasteiger partial charge in [-0.15, -0.1) is 0 Å². The van der Waals surface area contributed by atoms with Gasteiger partial charge in [0.1, 0.15) is 30.8 Å². The first-order chi connectivity index (χ1) is 16.4. The summed E-state index contributed by atoms with van der Waals surface area (Å²) in [5.74, 6) is -0.691. The molecule has 4 rings (SSSR count). The minimum absolute atomic E-state index is 0.136. The summed E-state index contributed by atoms with van der Waals surface area (Å²) in [4.78, 5) is 39.8. The molecule has 0 unspecified atom stereocenters. The fourth-order valence-corrected chi connectivity index (χ4v) is 4.04. The number of likely N-dealkylation sites (tertiary alicyclic amines) is 1. The number of nitrogens with zero attached hydrogens (tertiary/aromatic N) is 3. The summed E-state index contributed by atoms with van der Waals surface area (Å²) in [5.41, 5.74) is 1.24. The van der Waals surface area contributed by atoms with Crippen molar-refractivity contribution in [1.29, 1.82) is 0 Å². The van der Waals surface area contributed by atoms with Crippen molar-refractivity contribution >= 4 is 23.8 Å². The van der Waals surface area contributed by atoms with Gasteiger partial charge < -0.3 is 24.4 Å². The summed E-state index contributed by atoms with van der Waals surface area (Å²) in [6.07, 6.45) is -0.640. The molecule has 0 radical (unpaired) electrons. The second kappa shape index (κ2) is 10.4. The van der Waals surface area contributed by atoms with Gasteiger partial charge in [0.25, 0.3) is 0 Å². The molecular formula is C24H26FN3O6. The molecular weight excluding hydrogens is 445 g/mol. The predicted octanol–water partition coefficient (Wildman–Crippen LogP) is 3.33. The highest BCUT2D eigenvalue weighted by Crippen LogP contribution is 2.27. The molecule has 2 aromatic rings. The van der Waals surface area contributed by atoms with Gasteiger partial charge in [0.2, 0.25) is 5.91 Å². The Morgan fingerprint density at radius 2 is 1.74 bits per heavy atom. The number of amides is 3. The fraction of sp³-hybridized carbons (Fsp3) is 0.375. The average Bonchev–Trinajstić information content (AvgIpc) is 2.83. The lowest BCUT2D eigenvalue weighted by Gasteiger charge is -2.33. The molecule has 10 heteroatoms. The summed E-state index contributed by atoms with van der Waals surface area (Å²) in [6.45, 7) is 1.12. The number of piperazine rings is 1. The zero-order valence-corrected chi connectivity index (χ0v) is 18.6. The molecule has 180 valence electrons. The van der Waals surface area contributed by atoms with Crippen LogP contribution in [-0.4, -0.2) is 71.8 Å². The molecule has 0 saturated carbocycles. The van der Waals surface area contributed by atoms with E-state index in [9.17, 15) is 18.8 Å². The van der Waals surface area contributed by atoms with Crippen LogP contribution in [0.15, 0.2) is 48.5 Å². The average molecular weight is 471 g/mol. The Labute approximate surface area is 196 Å². The molecule has 2 saturated heterocycles. The number of anilines is 1. The maximum atomic E-state index is 14.3. The van der Waals surface area contributed by atoms with Crippen molar-refractivity contribution in [3.8, 4) is 5.75 Å². The van der Waals surface area contributed by atoms with Crippen LogP contribution in [0.25, 0.3) is 0 Å². The number of rotatable bonds is 5. The van der Waals surface area contributed by atoms with Gasteiger partial charge in [-0.3, -0.25) is 9.69 Å². The molecule has 2 heterocycles. The smallest absolute Gasteiger partial charge is 0.410 e. The van der Waals surface area contributed by atoms with E-state index >= 15 is 0 Å². The normalized spacial score (nSPS) is 17.0. The lowest BCUT2D eigenvalue weighted by atomic mass is 10.1. The van der Waals surface area contributed by atoms with Crippen molar-refractivity contribution in [3.05, 3.63) is 59.9 Å². The Balaban J connectivity index is 1.30. The minimum Gasteiger partial charge on any atom is -0.490 e. The van der Waals surface area contributed by atoms with E-state index in [1.54, 1.807) is 11.0 Å². The van der Waals surface area contributed by atoms with Crippen LogP contribution in [0.5, 0.6) is 5.75 Å². The van der Waals surface area contributed by atoms with E-state index in [-0.39, 0.29) is 44.2 Å². The van der Waals surface area contributed by atoms with E-state index in [4.69, 9.17) is 14.6 Å². The number of carbonyl (C=O) groups is 3. The molecule has 9 nitrogen and oxygen atoms in total. The van der Waals surface area contributed by atoms with E-state index in [2.05, 4.69) is 0 Å². The van der Waals surface area contributed by atoms with Crippen LogP contribution in [0, 0.1) is 5.82 Å². The molecule has 34 heavy (non-hydrogen) atoms. The summed E-state index contributed by atoms with van der Waals surface area (Å²) < 4.78 is 25.6. The number of hydrogen-bond donors (Lipinski definition) is 1. The summed E-state index contributed by atoms with van der Waals surface area (Å²) in [6, 6.07) is 13.5. The Kier molecular flexibility index (Phi) is 7.15. The van der Waals surface area contributed by atoms with Gasteiger partial charge in [-0.1, -0.05) is 30.3 Å². The van der Waals surface area contributed by atoms with Crippen molar-refractivity contribution in [1.82, 2.24) is 9.80 Å². The van der Waals surface area contributed by atoms with E-state index in [1.807, 2.05) is 30.3 Å². The van der Waals surface area contributed by atoms with Gasteiger partial charge >= 0.3 is 12.2 Å². The highest BCUT2D eigenvalue weighted by atomic mass is 19.1. The molecule has 1 N–H and O–H groups in total. The third kappa shape index (κ3) is 5.75. The highest BCUT2D eigenvalue weighted by molar-refractivity contribution is 5.97. The zero-order valence-electron chi connectivity index (χ0n) is 18.6. The van der Waals surface area contributed by atoms with Crippen LogP contribution in [0.4, 0.5) is 19.7 Å². The molecule has 0 aliphatic carbocycles. The van der Waals surface area contributed by atoms with Crippen LogP contribution < -0.4 is 9.64 Å². The SMILES string of the molecule is O=C(O)N1CCN(c2cc(F)cc(OC3CCN(C(=O)OCc4ccccc4)CC3)c2)C(=O)C1.